The molecule has 0 aliphatic heterocycles. The summed E-state index contributed by atoms with van der Waals surface area (Å²) in [5.74, 6) is 0.489. The summed E-state index contributed by atoms with van der Waals surface area (Å²) in [5, 5.41) is 7.27. The zero-order chi connectivity index (χ0) is 18.2. The number of carbonyl (C=O) groups excluding carboxylic acids is 1. The van der Waals surface area contributed by atoms with E-state index in [-0.39, 0.29) is 24.1 Å². The molecule has 5 heteroatoms. The van der Waals surface area contributed by atoms with Gasteiger partial charge in [-0.05, 0) is 25.3 Å². The lowest BCUT2D eigenvalue weighted by molar-refractivity contribution is -0.122. The van der Waals surface area contributed by atoms with Gasteiger partial charge in [-0.15, -0.1) is 0 Å². The predicted molar refractivity (Wildman–Crippen MR) is 100 cm³/mol. The second kappa shape index (κ2) is 9.16. The van der Waals surface area contributed by atoms with Gasteiger partial charge in [0.15, 0.2) is 0 Å². The SMILES string of the molecule is CC(C)CCC[C@@H](C)NC(=O)Cn1nc(-c2ccccc2)ccc1=O. The fourth-order valence-electron chi connectivity index (χ4n) is 2.69. The van der Waals surface area contributed by atoms with Crippen LogP contribution in [0.5, 0.6) is 0 Å². The van der Waals surface area contributed by atoms with Gasteiger partial charge in [0, 0.05) is 17.7 Å². The lowest BCUT2D eigenvalue weighted by Crippen LogP contribution is -2.38. The van der Waals surface area contributed by atoms with Crippen molar-refractivity contribution in [1.82, 2.24) is 15.1 Å². The third-order valence-corrected chi connectivity index (χ3v) is 4.06. The molecule has 0 radical (unpaired) electrons. The van der Waals surface area contributed by atoms with Crippen molar-refractivity contribution in [3.05, 3.63) is 52.8 Å². The molecule has 0 saturated heterocycles. The molecule has 1 aromatic carbocycles. The van der Waals surface area contributed by atoms with Crippen molar-refractivity contribution < 1.29 is 4.79 Å². The number of amides is 1. The first-order valence-corrected chi connectivity index (χ1v) is 8.88. The molecular formula is C20H27N3O2. The molecule has 1 aromatic heterocycles. The fraction of sp³-hybridized carbons (Fsp3) is 0.450. The van der Waals surface area contributed by atoms with Crippen LogP contribution in [0.2, 0.25) is 0 Å². The predicted octanol–water partition coefficient (Wildman–Crippen LogP) is 3.24. The largest absolute Gasteiger partial charge is 0.352 e. The van der Waals surface area contributed by atoms with Crippen molar-refractivity contribution in [2.45, 2.75) is 52.6 Å². The van der Waals surface area contributed by atoms with Gasteiger partial charge in [0.25, 0.3) is 5.56 Å². The molecule has 0 spiro atoms. The second-order valence-corrected chi connectivity index (χ2v) is 6.87. The van der Waals surface area contributed by atoms with Gasteiger partial charge in [0.2, 0.25) is 5.91 Å². The fourth-order valence-corrected chi connectivity index (χ4v) is 2.69. The van der Waals surface area contributed by atoms with E-state index in [2.05, 4.69) is 24.3 Å². The number of aromatic nitrogens is 2. The highest BCUT2D eigenvalue weighted by Crippen LogP contribution is 2.14. The topological polar surface area (TPSA) is 64.0 Å². The molecule has 0 saturated carbocycles. The van der Waals surface area contributed by atoms with Crippen LogP contribution in [0.15, 0.2) is 47.3 Å². The minimum Gasteiger partial charge on any atom is -0.352 e. The first-order valence-electron chi connectivity index (χ1n) is 8.88. The Kier molecular flexibility index (Phi) is 6.92. The standard InChI is InChI=1S/C20H27N3O2/c1-15(2)8-7-9-16(3)21-19(24)14-23-20(25)13-12-18(22-23)17-10-5-4-6-11-17/h4-6,10-13,15-16H,7-9,14H2,1-3H3,(H,21,24)/t16-/m1/s1. The second-order valence-electron chi connectivity index (χ2n) is 6.87. The van der Waals surface area contributed by atoms with Gasteiger partial charge in [-0.1, -0.05) is 57.0 Å². The Morgan fingerprint density at radius 1 is 1.08 bits per heavy atom. The molecule has 0 bridgehead atoms. The molecule has 1 atom stereocenters. The van der Waals surface area contributed by atoms with Crippen LogP contribution in [-0.2, 0) is 11.3 Å². The van der Waals surface area contributed by atoms with Crippen LogP contribution in [0.1, 0.15) is 40.0 Å². The zero-order valence-corrected chi connectivity index (χ0v) is 15.2. The monoisotopic (exact) mass is 341 g/mol. The van der Waals surface area contributed by atoms with Crippen molar-refractivity contribution in [3.8, 4) is 11.3 Å². The molecule has 1 amide bonds. The maximum atomic E-state index is 12.2. The van der Waals surface area contributed by atoms with Gasteiger partial charge in [-0.25, -0.2) is 4.68 Å². The third kappa shape index (κ3) is 6.18. The van der Waals surface area contributed by atoms with Crippen LogP contribution in [0, 0.1) is 5.92 Å². The summed E-state index contributed by atoms with van der Waals surface area (Å²) in [5.41, 5.74) is 1.32. The maximum absolute atomic E-state index is 12.2. The first-order chi connectivity index (χ1) is 12.0. The van der Waals surface area contributed by atoms with Crippen LogP contribution < -0.4 is 10.9 Å². The summed E-state index contributed by atoms with van der Waals surface area (Å²) >= 11 is 0. The zero-order valence-electron chi connectivity index (χ0n) is 15.2. The van der Waals surface area contributed by atoms with Gasteiger partial charge >= 0.3 is 0 Å². The van der Waals surface area contributed by atoms with E-state index in [1.807, 2.05) is 37.3 Å². The van der Waals surface area contributed by atoms with Gasteiger partial charge in [0.1, 0.15) is 6.54 Å². The Bertz CT molecular complexity index is 738. The van der Waals surface area contributed by atoms with E-state index in [0.717, 1.165) is 24.8 Å². The number of carbonyl (C=O) groups is 1. The smallest absolute Gasteiger partial charge is 0.267 e. The molecule has 0 aliphatic carbocycles. The van der Waals surface area contributed by atoms with Crippen molar-refractivity contribution in [2.24, 2.45) is 5.92 Å². The van der Waals surface area contributed by atoms with Crippen molar-refractivity contribution in [2.75, 3.05) is 0 Å². The average Bonchev–Trinajstić information content (AvgIpc) is 2.57. The van der Waals surface area contributed by atoms with Crippen LogP contribution in [0.3, 0.4) is 0 Å². The van der Waals surface area contributed by atoms with Gasteiger partial charge in [-0.2, -0.15) is 5.10 Å². The minimum atomic E-state index is -0.276. The quantitative estimate of drug-likeness (QED) is 0.802. The van der Waals surface area contributed by atoms with E-state index in [0.29, 0.717) is 11.6 Å². The highest BCUT2D eigenvalue weighted by atomic mass is 16.2. The number of hydrogen-bond acceptors (Lipinski definition) is 3. The molecule has 134 valence electrons. The molecule has 0 fully saturated rings. The summed E-state index contributed by atoms with van der Waals surface area (Å²) < 4.78 is 1.22. The summed E-state index contributed by atoms with van der Waals surface area (Å²) in [7, 11) is 0. The number of benzene rings is 1. The summed E-state index contributed by atoms with van der Waals surface area (Å²) in [6.45, 7) is 6.32. The Morgan fingerprint density at radius 3 is 2.48 bits per heavy atom. The van der Waals surface area contributed by atoms with Crippen molar-refractivity contribution >= 4 is 5.91 Å². The summed E-state index contributed by atoms with van der Waals surface area (Å²) in [6, 6.07) is 12.8. The van der Waals surface area contributed by atoms with Gasteiger partial charge in [0.05, 0.1) is 5.69 Å². The Labute approximate surface area is 149 Å². The molecule has 1 heterocycles. The summed E-state index contributed by atoms with van der Waals surface area (Å²) in [4.78, 5) is 24.2. The van der Waals surface area contributed by atoms with E-state index in [4.69, 9.17) is 0 Å². The van der Waals surface area contributed by atoms with E-state index >= 15 is 0 Å². The number of nitrogens with one attached hydrogen (secondary N) is 1. The molecule has 25 heavy (non-hydrogen) atoms. The molecule has 2 aromatic rings. The highest BCUT2D eigenvalue weighted by Gasteiger charge is 2.11. The van der Waals surface area contributed by atoms with Crippen LogP contribution in [0.25, 0.3) is 11.3 Å². The normalized spacial score (nSPS) is 12.2. The molecule has 1 N–H and O–H groups in total. The van der Waals surface area contributed by atoms with Crippen LogP contribution in [0.4, 0.5) is 0 Å². The maximum Gasteiger partial charge on any atom is 0.267 e. The van der Waals surface area contributed by atoms with Crippen LogP contribution >= 0.6 is 0 Å². The Morgan fingerprint density at radius 2 is 1.80 bits per heavy atom. The molecule has 0 unspecified atom stereocenters. The lowest BCUT2D eigenvalue weighted by atomic mass is 10.0. The molecule has 0 aliphatic rings. The van der Waals surface area contributed by atoms with E-state index in [1.54, 1.807) is 6.07 Å². The summed E-state index contributed by atoms with van der Waals surface area (Å²) in [6.07, 6.45) is 3.18. The Balaban J connectivity index is 1.97. The average molecular weight is 341 g/mol. The lowest BCUT2D eigenvalue weighted by Gasteiger charge is -2.15. The van der Waals surface area contributed by atoms with E-state index < -0.39 is 0 Å². The van der Waals surface area contributed by atoms with E-state index in [1.165, 1.54) is 10.7 Å². The minimum absolute atomic E-state index is 0.0615. The van der Waals surface area contributed by atoms with Crippen molar-refractivity contribution in [1.29, 1.82) is 0 Å². The Hall–Kier alpha value is -2.43. The molecule has 5 nitrogen and oxygen atoms in total. The number of nitrogens with zero attached hydrogens (tertiary/aromatic N) is 2. The van der Waals surface area contributed by atoms with Crippen molar-refractivity contribution in [3.63, 3.8) is 0 Å². The van der Waals surface area contributed by atoms with E-state index in [9.17, 15) is 9.59 Å². The molecular weight excluding hydrogens is 314 g/mol. The number of rotatable bonds is 8. The van der Waals surface area contributed by atoms with Crippen LogP contribution in [-0.4, -0.2) is 21.7 Å². The highest BCUT2D eigenvalue weighted by molar-refractivity contribution is 5.76. The van der Waals surface area contributed by atoms with Gasteiger partial charge < -0.3 is 5.32 Å². The first kappa shape index (κ1) is 18.9. The number of hydrogen-bond donors (Lipinski definition) is 1. The third-order valence-electron chi connectivity index (χ3n) is 4.06. The van der Waals surface area contributed by atoms with Gasteiger partial charge in [-0.3, -0.25) is 9.59 Å². The molecule has 2 rings (SSSR count).